The molecule has 0 unspecified atom stereocenters. The lowest BCUT2D eigenvalue weighted by Crippen LogP contribution is -2.34. The standard InChI is InChI=1S/C14H14N4O2S/c19-12-6-14(13(20)15-12)3-4-18(8-14)7-9-1-2-10-11(5-9)17-21-16-10/h1-2,5H,3-4,6-8H2,(H,15,19,20)/t14-/m1/s1. The van der Waals surface area contributed by atoms with Crippen LogP contribution < -0.4 is 5.32 Å². The summed E-state index contributed by atoms with van der Waals surface area (Å²) >= 11 is 1.22. The number of hydrogen-bond donors (Lipinski definition) is 1. The number of imide groups is 1. The van der Waals surface area contributed by atoms with Crippen LogP contribution >= 0.6 is 11.7 Å². The number of carbonyl (C=O) groups is 2. The van der Waals surface area contributed by atoms with Gasteiger partial charge < -0.3 is 0 Å². The Kier molecular flexibility index (Phi) is 2.80. The van der Waals surface area contributed by atoms with Crippen LogP contribution in [0.5, 0.6) is 0 Å². The molecule has 1 N–H and O–H groups in total. The van der Waals surface area contributed by atoms with Gasteiger partial charge in [-0.15, -0.1) is 0 Å². The van der Waals surface area contributed by atoms with E-state index in [1.807, 2.05) is 12.1 Å². The molecule has 1 atom stereocenters. The Labute approximate surface area is 125 Å². The topological polar surface area (TPSA) is 75.2 Å². The van der Waals surface area contributed by atoms with Crippen LogP contribution in [0.3, 0.4) is 0 Å². The molecule has 0 aliphatic carbocycles. The zero-order valence-corrected chi connectivity index (χ0v) is 12.2. The number of aromatic nitrogens is 2. The van der Waals surface area contributed by atoms with Gasteiger partial charge in [0, 0.05) is 19.5 Å². The Morgan fingerprint density at radius 3 is 2.95 bits per heavy atom. The van der Waals surface area contributed by atoms with Crippen molar-refractivity contribution in [2.45, 2.75) is 19.4 Å². The molecule has 7 heteroatoms. The van der Waals surface area contributed by atoms with Crippen molar-refractivity contribution in [2.24, 2.45) is 5.41 Å². The van der Waals surface area contributed by atoms with Gasteiger partial charge in [0.05, 0.1) is 17.1 Å². The van der Waals surface area contributed by atoms with Crippen LogP contribution in [-0.2, 0) is 16.1 Å². The number of likely N-dealkylation sites (tertiary alicyclic amines) is 1. The second-order valence-electron chi connectivity index (χ2n) is 5.88. The molecule has 3 heterocycles. The monoisotopic (exact) mass is 302 g/mol. The Balaban J connectivity index is 1.51. The van der Waals surface area contributed by atoms with E-state index in [1.54, 1.807) is 0 Å². The number of nitrogens with one attached hydrogen (secondary N) is 1. The van der Waals surface area contributed by atoms with E-state index in [0.717, 1.165) is 36.1 Å². The summed E-state index contributed by atoms with van der Waals surface area (Å²) in [4.78, 5) is 25.6. The molecule has 0 bridgehead atoms. The van der Waals surface area contributed by atoms with Crippen LogP contribution in [0.1, 0.15) is 18.4 Å². The lowest BCUT2D eigenvalue weighted by atomic mass is 9.85. The lowest BCUT2D eigenvalue weighted by Gasteiger charge is -2.20. The zero-order valence-electron chi connectivity index (χ0n) is 11.3. The fourth-order valence-electron chi connectivity index (χ4n) is 3.30. The first-order valence-electron chi connectivity index (χ1n) is 6.93. The minimum Gasteiger partial charge on any atom is -0.298 e. The molecule has 1 spiro atoms. The smallest absolute Gasteiger partial charge is 0.234 e. The van der Waals surface area contributed by atoms with Crippen molar-refractivity contribution >= 4 is 34.6 Å². The molecule has 2 aromatic rings. The fourth-order valence-corrected chi connectivity index (χ4v) is 3.82. The van der Waals surface area contributed by atoms with E-state index in [9.17, 15) is 9.59 Å². The Morgan fingerprint density at radius 1 is 1.29 bits per heavy atom. The van der Waals surface area contributed by atoms with E-state index in [1.165, 1.54) is 11.7 Å². The Morgan fingerprint density at radius 2 is 2.14 bits per heavy atom. The second kappa shape index (κ2) is 4.57. The van der Waals surface area contributed by atoms with Crippen LogP contribution in [0.4, 0.5) is 0 Å². The van der Waals surface area contributed by atoms with Crippen LogP contribution in [-0.4, -0.2) is 38.6 Å². The molecule has 1 aromatic carbocycles. The maximum Gasteiger partial charge on any atom is 0.234 e. The van der Waals surface area contributed by atoms with Gasteiger partial charge in [-0.05, 0) is 30.7 Å². The maximum absolute atomic E-state index is 12.0. The zero-order chi connectivity index (χ0) is 14.4. The fraction of sp³-hybridized carbons (Fsp3) is 0.429. The average Bonchev–Trinajstić information content (AvgIpc) is 3.11. The van der Waals surface area contributed by atoms with E-state index in [0.29, 0.717) is 13.0 Å². The third-order valence-corrected chi connectivity index (χ3v) is 4.95. The maximum atomic E-state index is 12.0. The van der Waals surface area contributed by atoms with Gasteiger partial charge in [0.1, 0.15) is 11.0 Å². The average molecular weight is 302 g/mol. The number of carbonyl (C=O) groups excluding carboxylic acids is 2. The predicted octanol–water partition coefficient (Wildman–Crippen LogP) is 0.930. The third kappa shape index (κ3) is 2.13. The number of nitrogens with zero attached hydrogens (tertiary/aromatic N) is 3. The first-order chi connectivity index (χ1) is 10.1. The van der Waals surface area contributed by atoms with Crippen molar-refractivity contribution < 1.29 is 9.59 Å². The highest BCUT2D eigenvalue weighted by Crippen LogP contribution is 2.38. The van der Waals surface area contributed by atoms with E-state index < -0.39 is 5.41 Å². The first kappa shape index (κ1) is 12.8. The van der Waals surface area contributed by atoms with Crippen LogP contribution in [0.25, 0.3) is 11.0 Å². The normalized spacial score (nSPS) is 26.1. The van der Waals surface area contributed by atoms with Gasteiger partial charge in [0.15, 0.2) is 0 Å². The molecular weight excluding hydrogens is 288 g/mol. The highest BCUT2D eigenvalue weighted by Gasteiger charge is 2.50. The summed E-state index contributed by atoms with van der Waals surface area (Å²) in [6.45, 7) is 2.27. The van der Waals surface area contributed by atoms with Crippen molar-refractivity contribution in [2.75, 3.05) is 13.1 Å². The van der Waals surface area contributed by atoms with Crippen molar-refractivity contribution in [1.29, 1.82) is 0 Å². The molecule has 4 rings (SSSR count). The lowest BCUT2D eigenvalue weighted by molar-refractivity contribution is -0.128. The number of fused-ring (bicyclic) bond motifs is 1. The summed E-state index contributed by atoms with van der Waals surface area (Å²) in [5.41, 5.74) is 2.50. The third-order valence-electron chi connectivity index (χ3n) is 4.39. The van der Waals surface area contributed by atoms with E-state index in [4.69, 9.17) is 0 Å². The minimum absolute atomic E-state index is 0.103. The summed E-state index contributed by atoms with van der Waals surface area (Å²) < 4.78 is 8.44. The SMILES string of the molecule is O=C1C[C@@]2(CCN(Cc3ccc4nsnc4c3)C2)C(=O)N1. The van der Waals surface area contributed by atoms with E-state index in [-0.39, 0.29) is 11.8 Å². The molecule has 108 valence electrons. The summed E-state index contributed by atoms with van der Waals surface area (Å²) in [6, 6.07) is 6.07. The molecular formula is C14H14N4O2S. The first-order valence-corrected chi connectivity index (χ1v) is 7.66. The van der Waals surface area contributed by atoms with E-state index >= 15 is 0 Å². The van der Waals surface area contributed by atoms with Gasteiger partial charge in [-0.3, -0.25) is 19.8 Å². The number of hydrogen-bond acceptors (Lipinski definition) is 6. The molecule has 2 saturated heterocycles. The van der Waals surface area contributed by atoms with Crippen molar-refractivity contribution in [3.8, 4) is 0 Å². The summed E-state index contributed by atoms with van der Waals surface area (Å²) in [7, 11) is 0. The molecule has 21 heavy (non-hydrogen) atoms. The van der Waals surface area contributed by atoms with Gasteiger partial charge in [-0.1, -0.05) is 6.07 Å². The molecule has 2 aliphatic rings. The quantitative estimate of drug-likeness (QED) is 0.835. The van der Waals surface area contributed by atoms with Crippen LogP contribution in [0, 0.1) is 5.41 Å². The summed E-state index contributed by atoms with van der Waals surface area (Å²) in [6.07, 6.45) is 1.09. The van der Waals surface area contributed by atoms with Crippen molar-refractivity contribution in [3.63, 3.8) is 0 Å². The largest absolute Gasteiger partial charge is 0.298 e. The van der Waals surface area contributed by atoms with Gasteiger partial charge in [0.2, 0.25) is 11.8 Å². The highest BCUT2D eigenvalue weighted by molar-refractivity contribution is 7.00. The van der Waals surface area contributed by atoms with E-state index in [2.05, 4.69) is 25.0 Å². The van der Waals surface area contributed by atoms with Crippen LogP contribution in [0.2, 0.25) is 0 Å². The number of benzene rings is 1. The second-order valence-corrected chi connectivity index (χ2v) is 6.41. The van der Waals surface area contributed by atoms with Crippen molar-refractivity contribution in [1.82, 2.24) is 19.0 Å². The van der Waals surface area contributed by atoms with Crippen LogP contribution in [0.15, 0.2) is 18.2 Å². The molecule has 0 radical (unpaired) electrons. The molecule has 2 fully saturated rings. The van der Waals surface area contributed by atoms with Gasteiger partial charge in [-0.2, -0.15) is 8.75 Å². The van der Waals surface area contributed by atoms with Crippen molar-refractivity contribution in [3.05, 3.63) is 23.8 Å². The molecule has 0 saturated carbocycles. The molecule has 1 aromatic heterocycles. The van der Waals surface area contributed by atoms with Gasteiger partial charge in [0.25, 0.3) is 0 Å². The summed E-state index contributed by atoms with van der Waals surface area (Å²) in [5, 5.41) is 2.43. The van der Waals surface area contributed by atoms with Gasteiger partial charge >= 0.3 is 0 Å². The van der Waals surface area contributed by atoms with Gasteiger partial charge in [-0.25, -0.2) is 0 Å². The molecule has 6 nitrogen and oxygen atoms in total. The Hall–Kier alpha value is -1.86. The minimum atomic E-state index is -0.497. The number of amides is 2. The molecule has 2 amide bonds. The highest BCUT2D eigenvalue weighted by atomic mass is 32.1. The number of rotatable bonds is 2. The molecule has 2 aliphatic heterocycles. The predicted molar refractivity (Wildman–Crippen MR) is 77.5 cm³/mol. The summed E-state index contributed by atoms with van der Waals surface area (Å²) in [5.74, 6) is -0.244. The Bertz CT molecular complexity index is 743.